The summed E-state index contributed by atoms with van der Waals surface area (Å²) in [6, 6.07) is 7.59. The minimum Gasteiger partial charge on any atom is -0.487 e. The van der Waals surface area contributed by atoms with Gasteiger partial charge in [0.15, 0.2) is 0 Å². The second-order valence-corrected chi connectivity index (χ2v) is 8.23. The molecule has 1 saturated heterocycles. The first-order valence-electron chi connectivity index (χ1n) is 10.3. The summed E-state index contributed by atoms with van der Waals surface area (Å²) in [5.74, 6) is 1.63. The molecule has 0 amide bonds. The van der Waals surface area contributed by atoms with Gasteiger partial charge in [-0.25, -0.2) is 9.97 Å². The lowest BCUT2D eigenvalue weighted by molar-refractivity contribution is -0.111. The SMILES string of the molecule is CCC1(Oc2ccc(N)c(C(=[NH2+])c3cc(N4C[C@@H](C)O[C@@H](C)C4)ncn3)c2)CC1. The van der Waals surface area contributed by atoms with Gasteiger partial charge in [0.25, 0.3) is 0 Å². The van der Waals surface area contributed by atoms with Crippen molar-refractivity contribution in [1.82, 2.24) is 9.97 Å². The summed E-state index contributed by atoms with van der Waals surface area (Å²) in [7, 11) is 0. The Kier molecular flexibility index (Phi) is 5.17. The number of aromatic nitrogens is 2. The van der Waals surface area contributed by atoms with E-state index < -0.39 is 0 Å². The fraction of sp³-hybridized carbons (Fsp3) is 0.500. The third-order valence-electron chi connectivity index (χ3n) is 5.77. The van der Waals surface area contributed by atoms with Gasteiger partial charge >= 0.3 is 0 Å². The number of ether oxygens (including phenoxy) is 2. The third kappa shape index (κ3) is 4.19. The maximum absolute atomic E-state index is 6.50. The van der Waals surface area contributed by atoms with Crippen LogP contribution in [0.2, 0.25) is 0 Å². The standard InChI is InChI=1S/C22H29N5O2/c1-4-22(7-8-22)29-16-5-6-18(23)17(9-16)21(24)19-10-20(26-13-25-19)27-11-14(2)28-15(3)12-27/h5-6,9-10,13-15,24H,4,7-8,11-12,23H2,1-3H3/p+1/t14-,15+. The number of nitrogens with two attached hydrogens (primary N) is 2. The number of nitrogens with zero attached hydrogens (tertiary/aromatic N) is 3. The van der Waals surface area contributed by atoms with Crippen LogP contribution in [0.4, 0.5) is 11.5 Å². The molecule has 29 heavy (non-hydrogen) atoms. The Labute approximate surface area is 171 Å². The van der Waals surface area contributed by atoms with Crippen LogP contribution in [0.25, 0.3) is 0 Å². The zero-order chi connectivity index (χ0) is 20.6. The van der Waals surface area contributed by atoms with E-state index >= 15 is 0 Å². The van der Waals surface area contributed by atoms with Crippen LogP contribution >= 0.6 is 0 Å². The van der Waals surface area contributed by atoms with Crippen molar-refractivity contribution < 1.29 is 14.9 Å². The normalized spacial score (nSPS) is 22.9. The Balaban J connectivity index is 1.58. The monoisotopic (exact) mass is 396 g/mol. The fourth-order valence-electron chi connectivity index (χ4n) is 3.92. The lowest BCUT2D eigenvalue weighted by atomic mass is 10.0. The molecule has 7 nitrogen and oxygen atoms in total. The number of hydrogen-bond acceptors (Lipinski definition) is 6. The van der Waals surface area contributed by atoms with E-state index in [-0.39, 0.29) is 17.8 Å². The van der Waals surface area contributed by atoms with Crippen LogP contribution in [-0.4, -0.2) is 46.6 Å². The minimum atomic E-state index is -0.0199. The molecule has 4 rings (SSSR count). The molecule has 0 radical (unpaired) electrons. The van der Waals surface area contributed by atoms with Crippen LogP contribution < -0.4 is 20.8 Å². The first kappa shape index (κ1) is 19.6. The first-order chi connectivity index (χ1) is 13.9. The Morgan fingerprint density at radius 3 is 2.62 bits per heavy atom. The largest absolute Gasteiger partial charge is 0.487 e. The molecule has 0 bridgehead atoms. The molecule has 0 unspecified atom stereocenters. The van der Waals surface area contributed by atoms with Crippen molar-refractivity contribution in [3.63, 3.8) is 0 Å². The molecule has 1 aromatic heterocycles. The highest BCUT2D eigenvalue weighted by atomic mass is 16.5. The van der Waals surface area contributed by atoms with E-state index in [1.54, 1.807) is 6.33 Å². The Morgan fingerprint density at radius 2 is 1.97 bits per heavy atom. The van der Waals surface area contributed by atoms with Gasteiger partial charge in [0, 0.05) is 24.8 Å². The average molecular weight is 397 g/mol. The molecule has 2 aliphatic rings. The maximum atomic E-state index is 6.50. The molecule has 0 spiro atoms. The molecular formula is C22H30N5O2+. The van der Waals surface area contributed by atoms with Crippen LogP contribution in [0.5, 0.6) is 5.75 Å². The van der Waals surface area contributed by atoms with Crippen LogP contribution in [0, 0.1) is 0 Å². The lowest BCUT2D eigenvalue weighted by Crippen LogP contribution is -2.46. The van der Waals surface area contributed by atoms with Crippen LogP contribution in [0.3, 0.4) is 0 Å². The molecule has 1 aromatic carbocycles. The van der Waals surface area contributed by atoms with E-state index in [0.29, 0.717) is 17.1 Å². The van der Waals surface area contributed by atoms with E-state index in [9.17, 15) is 0 Å². The van der Waals surface area contributed by atoms with Gasteiger partial charge in [-0.05, 0) is 51.3 Å². The zero-order valence-corrected chi connectivity index (χ0v) is 17.4. The minimum absolute atomic E-state index is 0.0199. The van der Waals surface area contributed by atoms with Crippen molar-refractivity contribution in [2.24, 2.45) is 0 Å². The van der Waals surface area contributed by atoms with Gasteiger partial charge in [-0.15, -0.1) is 0 Å². The van der Waals surface area contributed by atoms with Gasteiger partial charge in [0.2, 0.25) is 5.71 Å². The van der Waals surface area contributed by atoms with Gasteiger partial charge in [-0.2, -0.15) is 0 Å². The molecule has 2 aromatic rings. The summed E-state index contributed by atoms with van der Waals surface area (Å²) in [5.41, 5.74) is 8.73. The highest BCUT2D eigenvalue weighted by Gasteiger charge is 2.43. The van der Waals surface area contributed by atoms with Gasteiger partial charge < -0.3 is 20.1 Å². The van der Waals surface area contributed by atoms with Gasteiger partial charge in [-0.3, -0.25) is 5.41 Å². The number of morpholine rings is 1. The van der Waals surface area contributed by atoms with Crippen molar-refractivity contribution in [3.8, 4) is 5.75 Å². The van der Waals surface area contributed by atoms with Crippen molar-refractivity contribution in [2.45, 2.75) is 57.8 Å². The highest BCUT2D eigenvalue weighted by molar-refractivity contribution is 6.11. The number of nitrogen functional groups attached to an aromatic ring is 1. The summed E-state index contributed by atoms with van der Waals surface area (Å²) in [6.45, 7) is 7.86. The highest BCUT2D eigenvalue weighted by Crippen LogP contribution is 2.43. The van der Waals surface area contributed by atoms with Crippen LogP contribution in [-0.2, 0) is 4.74 Å². The average Bonchev–Trinajstić information content (AvgIpc) is 3.48. The Bertz CT molecular complexity index is 902. The van der Waals surface area contributed by atoms with Crippen LogP contribution in [0.1, 0.15) is 51.3 Å². The molecule has 2 atom stereocenters. The molecule has 1 aliphatic carbocycles. The second kappa shape index (κ2) is 7.63. The molecule has 4 N–H and O–H groups in total. The zero-order valence-electron chi connectivity index (χ0n) is 17.4. The number of benzene rings is 1. The molecule has 7 heteroatoms. The summed E-state index contributed by atoms with van der Waals surface area (Å²) < 4.78 is 12.0. The fourth-order valence-corrected chi connectivity index (χ4v) is 3.92. The molecule has 1 aliphatic heterocycles. The third-order valence-corrected chi connectivity index (χ3v) is 5.77. The number of hydrogen-bond donors (Lipinski definition) is 2. The molecule has 2 fully saturated rings. The van der Waals surface area contributed by atoms with Gasteiger partial charge in [-0.1, -0.05) is 6.92 Å². The predicted octanol–water partition coefficient (Wildman–Crippen LogP) is 1.59. The summed E-state index contributed by atoms with van der Waals surface area (Å²) in [5, 5.41) is 6.50. The lowest BCUT2D eigenvalue weighted by Gasteiger charge is -2.36. The van der Waals surface area contributed by atoms with E-state index in [1.165, 1.54) is 0 Å². The summed E-state index contributed by atoms with van der Waals surface area (Å²) >= 11 is 0. The van der Waals surface area contributed by atoms with E-state index in [0.717, 1.165) is 49.5 Å². The van der Waals surface area contributed by atoms with E-state index in [1.807, 2.05) is 24.3 Å². The quantitative estimate of drug-likeness (QED) is 0.568. The van der Waals surface area contributed by atoms with Crippen molar-refractivity contribution in [1.29, 1.82) is 0 Å². The predicted molar refractivity (Wildman–Crippen MR) is 113 cm³/mol. The second-order valence-electron chi connectivity index (χ2n) is 8.23. The van der Waals surface area contributed by atoms with Crippen LogP contribution in [0.15, 0.2) is 30.6 Å². The molecule has 1 saturated carbocycles. The molecular weight excluding hydrogens is 366 g/mol. The summed E-state index contributed by atoms with van der Waals surface area (Å²) in [4.78, 5) is 11.1. The topological polar surface area (TPSA) is 99.1 Å². The first-order valence-corrected chi connectivity index (χ1v) is 10.3. The molecule has 154 valence electrons. The maximum Gasteiger partial charge on any atom is 0.232 e. The van der Waals surface area contributed by atoms with Crippen molar-refractivity contribution in [2.75, 3.05) is 23.7 Å². The number of rotatable bonds is 6. The Hall–Kier alpha value is -2.67. The van der Waals surface area contributed by atoms with E-state index in [2.05, 4.69) is 35.6 Å². The van der Waals surface area contributed by atoms with Gasteiger partial charge in [0.1, 0.15) is 29.2 Å². The molecule has 2 heterocycles. The van der Waals surface area contributed by atoms with Gasteiger partial charge in [0.05, 0.1) is 17.8 Å². The summed E-state index contributed by atoms with van der Waals surface area (Å²) in [6.07, 6.45) is 5.03. The Morgan fingerprint density at radius 1 is 1.24 bits per heavy atom. The van der Waals surface area contributed by atoms with Crippen molar-refractivity contribution >= 4 is 17.2 Å². The van der Waals surface area contributed by atoms with Crippen molar-refractivity contribution in [3.05, 3.63) is 41.9 Å². The smallest absolute Gasteiger partial charge is 0.232 e. The number of anilines is 2. The van der Waals surface area contributed by atoms with E-state index in [4.69, 9.17) is 20.6 Å².